The quantitative estimate of drug-likeness (QED) is 0.636. The minimum Gasteiger partial charge on any atom is -0.508 e. The van der Waals surface area contributed by atoms with Gasteiger partial charge in [-0.05, 0) is 72.3 Å². The number of aromatic hydroxyl groups is 1. The van der Waals surface area contributed by atoms with E-state index in [1.807, 2.05) is 0 Å². The van der Waals surface area contributed by atoms with Crippen LogP contribution in [0.2, 0.25) is 5.02 Å². The molecule has 138 valence electrons. The largest absolute Gasteiger partial charge is 0.508 e. The number of amides is 1. The van der Waals surface area contributed by atoms with E-state index in [0.29, 0.717) is 22.1 Å². The predicted octanol–water partition coefficient (Wildman–Crippen LogP) is 5.02. The number of amidine groups is 1. The summed E-state index contributed by atoms with van der Waals surface area (Å²) in [5, 5.41) is 10.1. The van der Waals surface area contributed by atoms with Gasteiger partial charge in [-0.25, -0.2) is 9.38 Å². The maximum absolute atomic E-state index is 13.3. The molecule has 0 aliphatic carbocycles. The molecule has 0 aromatic heterocycles. The van der Waals surface area contributed by atoms with Crippen LogP contribution < -0.4 is 4.90 Å². The lowest BCUT2D eigenvalue weighted by Gasteiger charge is -2.18. The minimum atomic E-state index is -0.373. The number of rotatable bonds is 3. The molecule has 3 aromatic carbocycles. The second kappa shape index (κ2) is 7.29. The molecule has 3 aromatic rings. The maximum Gasteiger partial charge on any atom is 0.282 e. The molecule has 0 saturated heterocycles. The highest BCUT2D eigenvalue weighted by molar-refractivity contribution is 6.33. The van der Waals surface area contributed by atoms with Crippen molar-refractivity contribution in [3.8, 4) is 5.75 Å². The van der Waals surface area contributed by atoms with Crippen LogP contribution in [0.25, 0.3) is 6.08 Å². The fourth-order valence-electron chi connectivity index (χ4n) is 2.87. The Morgan fingerprint density at radius 2 is 1.57 bits per heavy atom. The molecule has 1 aliphatic heterocycles. The zero-order chi connectivity index (χ0) is 19.7. The monoisotopic (exact) mass is 392 g/mol. The Hall–Kier alpha value is -3.44. The summed E-state index contributed by atoms with van der Waals surface area (Å²) >= 11 is 5.91. The van der Waals surface area contributed by atoms with Gasteiger partial charge in [0.1, 0.15) is 23.1 Å². The van der Waals surface area contributed by atoms with E-state index in [1.54, 1.807) is 54.6 Å². The van der Waals surface area contributed by atoms with Crippen molar-refractivity contribution in [2.45, 2.75) is 0 Å². The number of phenols is 1. The molecule has 1 heterocycles. The first-order valence-corrected chi connectivity index (χ1v) is 8.84. The van der Waals surface area contributed by atoms with Gasteiger partial charge >= 0.3 is 0 Å². The highest BCUT2D eigenvalue weighted by Crippen LogP contribution is 2.29. The summed E-state index contributed by atoms with van der Waals surface area (Å²) in [7, 11) is 0. The second-order valence-corrected chi connectivity index (χ2v) is 6.62. The SMILES string of the molecule is O=C1/C(=C\c2ccc(Cl)cc2)N=C(c2ccc(F)cc2)N1c1ccc(O)cc1. The third kappa shape index (κ3) is 3.52. The van der Waals surface area contributed by atoms with Crippen molar-refractivity contribution in [2.75, 3.05) is 4.90 Å². The van der Waals surface area contributed by atoms with Crippen LogP contribution >= 0.6 is 11.6 Å². The molecule has 0 spiro atoms. The molecule has 4 nitrogen and oxygen atoms in total. The molecular formula is C22H14ClFN2O2. The molecule has 1 N–H and O–H groups in total. The van der Waals surface area contributed by atoms with Gasteiger partial charge in [0, 0.05) is 10.6 Å². The van der Waals surface area contributed by atoms with Crippen LogP contribution in [-0.4, -0.2) is 16.8 Å². The standard InChI is InChI=1S/C22H14ClFN2O2/c23-16-5-1-14(2-6-16)13-20-22(28)26(18-9-11-19(27)12-10-18)21(25-20)15-3-7-17(24)8-4-15/h1-13,27H/b20-13+. The highest BCUT2D eigenvalue weighted by atomic mass is 35.5. The lowest BCUT2D eigenvalue weighted by atomic mass is 10.1. The number of phenolic OH excluding ortho intramolecular Hbond substituents is 1. The van der Waals surface area contributed by atoms with Gasteiger partial charge in [0.25, 0.3) is 5.91 Å². The molecule has 0 unspecified atom stereocenters. The summed E-state index contributed by atoms with van der Waals surface area (Å²) in [6.45, 7) is 0. The van der Waals surface area contributed by atoms with Gasteiger partial charge in [-0.1, -0.05) is 23.7 Å². The lowest BCUT2D eigenvalue weighted by molar-refractivity contribution is -0.113. The van der Waals surface area contributed by atoms with Crippen molar-refractivity contribution in [1.82, 2.24) is 0 Å². The van der Waals surface area contributed by atoms with Gasteiger partial charge in [0.2, 0.25) is 0 Å². The maximum atomic E-state index is 13.3. The summed E-state index contributed by atoms with van der Waals surface area (Å²) in [5.41, 5.74) is 2.17. The van der Waals surface area contributed by atoms with E-state index in [2.05, 4.69) is 4.99 Å². The molecule has 28 heavy (non-hydrogen) atoms. The van der Waals surface area contributed by atoms with Crippen molar-refractivity contribution in [3.63, 3.8) is 0 Å². The molecule has 0 fully saturated rings. The third-order valence-electron chi connectivity index (χ3n) is 4.24. The van der Waals surface area contributed by atoms with E-state index >= 15 is 0 Å². The third-order valence-corrected chi connectivity index (χ3v) is 4.50. The summed E-state index contributed by atoms with van der Waals surface area (Å²) in [4.78, 5) is 19.0. The predicted molar refractivity (Wildman–Crippen MR) is 108 cm³/mol. The number of benzene rings is 3. The Kier molecular flexibility index (Phi) is 4.67. The average Bonchev–Trinajstić information content (AvgIpc) is 3.01. The first-order chi connectivity index (χ1) is 13.5. The molecule has 1 aliphatic rings. The second-order valence-electron chi connectivity index (χ2n) is 6.18. The van der Waals surface area contributed by atoms with Crippen LogP contribution in [0, 0.1) is 5.82 Å². The Morgan fingerprint density at radius 1 is 0.929 bits per heavy atom. The normalized spacial score (nSPS) is 15.2. The Balaban J connectivity index is 1.81. The van der Waals surface area contributed by atoms with Gasteiger partial charge in [-0.15, -0.1) is 0 Å². The van der Waals surface area contributed by atoms with E-state index in [0.717, 1.165) is 5.56 Å². The van der Waals surface area contributed by atoms with Gasteiger partial charge in [0.15, 0.2) is 0 Å². The molecule has 4 rings (SSSR count). The summed E-state index contributed by atoms with van der Waals surface area (Å²) in [5.74, 6) is -0.217. The number of hydrogen-bond donors (Lipinski definition) is 1. The minimum absolute atomic E-state index is 0.0904. The fourth-order valence-corrected chi connectivity index (χ4v) is 2.99. The van der Waals surface area contributed by atoms with Crippen LogP contribution in [0.5, 0.6) is 5.75 Å². The van der Waals surface area contributed by atoms with Crippen LogP contribution in [0.1, 0.15) is 11.1 Å². The van der Waals surface area contributed by atoms with Crippen molar-refractivity contribution >= 4 is 35.1 Å². The van der Waals surface area contributed by atoms with Crippen LogP contribution in [-0.2, 0) is 4.79 Å². The van der Waals surface area contributed by atoms with Crippen LogP contribution in [0.3, 0.4) is 0 Å². The number of carbonyl (C=O) groups is 1. The highest BCUT2D eigenvalue weighted by Gasteiger charge is 2.32. The molecule has 0 atom stereocenters. The Labute approximate surface area is 165 Å². The smallest absolute Gasteiger partial charge is 0.282 e. The molecule has 0 bridgehead atoms. The molecule has 0 radical (unpaired) electrons. The van der Waals surface area contributed by atoms with Gasteiger partial charge in [0.05, 0.1) is 5.69 Å². The van der Waals surface area contributed by atoms with Gasteiger partial charge in [-0.3, -0.25) is 9.69 Å². The van der Waals surface area contributed by atoms with Crippen LogP contribution in [0.4, 0.5) is 10.1 Å². The number of carbonyl (C=O) groups excluding carboxylic acids is 1. The summed E-state index contributed by atoms with van der Waals surface area (Å²) in [6, 6.07) is 19.0. The van der Waals surface area contributed by atoms with Crippen molar-refractivity contribution < 1.29 is 14.3 Å². The fraction of sp³-hybridized carbons (Fsp3) is 0. The van der Waals surface area contributed by atoms with E-state index in [4.69, 9.17) is 11.6 Å². The first kappa shape index (κ1) is 17.9. The topological polar surface area (TPSA) is 52.9 Å². The summed E-state index contributed by atoms with van der Waals surface area (Å²) in [6.07, 6.45) is 1.67. The molecular weight excluding hydrogens is 379 g/mol. The number of nitrogens with zero attached hydrogens (tertiary/aromatic N) is 2. The zero-order valence-electron chi connectivity index (χ0n) is 14.5. The number of halogens is 2. The number of hydrogen-bond acceptors (Lipinski definition) is 3. The van der Waals surface area contributed by atoms with Crippen LogP contribution in [0.15, 0.2) is 83.5 Å². The molecule has 6 heteroatoms. The van der Waals surface area contributed by atoms with Crippen molar-refractivity contribution in [2.24, 2.45) is 4.99 Å². The lowest BCUT2D eigenvalue weighted by Crippen LogP contribution is -2.32. The van der Waals surface area contributed by atoms with Crippen molar-refractivity contribution in [3.05, 3.63) is 100 Å². The Morgan fingerprint density at radius 3 is 2.21 bits per heavy atom. The Bertz CT molecular complexity index is 1090. The molecule has 1 amide bonds. The van der Waals surface area contributed by atoms with Gasteiger partial charge in [-0.2, -0.15) is 0 Å². The van der Waals surface area contributed by atoms with E-state index < -0.39 is 0 Å². The van der Waals surface area contributed by atoms with Gasteiger partial charge < -0.3 is 5.11 Å². The average molecular weight is 393 g/mol. The van der Waals surface area contributed by atoms with E-state index in [1.165, 1.54) is 29.2 Å². The number of aliphatic imine (C=N–C) groups is 1. The first-order valence-electron chi connectivity index (χ1n) is 8.47. The molecule has 0 saturated carbocycles. The van der Waals surface area contributed by atoms with Crippen molar-refractivity contribution in [1.29, 1.82) is 0 Å². The zero-order valence-corrected chi connectivity index (χ0v) is 15.3. The number of anilines is 1. The van der Waals surface area contributed by atoms with E-state index in [-0.39, 0.29) is 23.2 Å². The summed E-state index contributed by atoms with van der Waals surface area (Å²) < 4.78 is 13.3. The van der Waals surface area contributed by atoms with E-state index in [9.17, 15) is 14.3 Å².